The van der Waals surface area contributed by atoms with Gasteiger partial charge >= 0.3 is 5.97 Å². The minimum atomic E-state index is -0.774. The van der Waals surface area contributed by atoms with Crippen molar-refractivity contribution in [1.29, 1.82) is 5.26 Å². The van der Waals surface area contributed by atoms with E-state index in [1.54, 1.807) is 12.1 Å². The Labute approximate surface area is 188 Å². The first-order chi connectivity index (χ1) is 15.5. The highest BCUT2D eigenvalue weighted by molar-refractivity contribution is 5.66. The first kappa shape index (κ1) is 22.4. The summed E-state index contributed by atoms with van der Waals surface area (Å²) in [6.07, 6.45) is 3.67. The Bertz CT molecular complexity index is 980. The third-order valence-electron chi connectivity index (χ3n) is 7.06. The number of halogens is 1. The lowest BCUT2D eigenvalue weighted by Crippen LogP contribution is -2.47. The third-order valence-corrected chi connectivity index (χ3v) is 7.06. The van der Waals surface area contributed by atoms with E-state index >= 15 is 0 Å². The van der Waals surface area contributed by atoms with Crippen LogP contribution < -0.4 is 5.32 Å². The van der Waals surface area contributed by atoms with Crippen molar-refractivity contribution in [3.8, 4) is 6.07 Å². The van der Waals surface area contributed by atoms with E-state index in [1.165, 1.54) is 11.6 Å². The Morgan fingerprint density at radius 1 is 1.22 bits per heavy atom. The molecule has 1 heterocycles. The number of nitrogens with zero attached hydrogens (tertiary/aromatic N) is 2. The maximum atomic E-state index is 14.7. The van der Waals surface area contributed by atoms with Crippen molar-refractivity contribution in [3.05, 3.63) is 71.0 Å². The number of hydrogen-bond donors (Lipinski definition) is 2. The van der Waals surface area contributed by atoms with Crippen molar-refractivity contribution >= 4 is 5.97 Å². The van der Waals surface area contributed by atoms with Gasteiger partial charge in [-0.25, -0.2) is 4.39 Å². The van der Waals surface area contributed by atoms with Gasteiger partial charge in [0.05, 0.1) is 18.1 Å². The van der Waals surface area contributed by atoms with E-state index in [-0.39, 0.29) is 17.7 Å². The zero-order valence-corrected chi connectivity index (χ0v) is 18.3. The molecule has 0 aromatic heterocycles. The van der Waals surface area contributed by atoms with Gasteiger partial charge in [0.2, 0.25) is 0 Å². The third kappa shape index (κ3) is 5.53. The number of carbonyl (C=O) groups is 1. The molecule has 5 nitrogen and oxygen atoms in total. The van der Waals surface area contributed by atoms with Gasteiger partial charge < -0.3 is 15.3 Å². The molecule has 1 saturated carbocycles. The van der Waals surface area contributed by atoms with E-state index in [0.717, 1.165) is 38.9 Å². The Morgan fingerprint density at radius 2 is 1.97 bits per heavy atom. The molecule has 2 atom stereocenters. The molecule has 2 N–H and O–H groups in total. The van der Waals surface area contributed by atoms with Gasteiger partial charge in [-0.2, -0.15) is 5.26 Å². The molecule has 1 aliphatic heterocycles. The molecule has 0 radical (unpaired) electrons. The lowest BCUT2D eigenvalue weighted by molar-refractivity contribution is -0.137. The van der Waals surface area contributed by atoms with Gasteiger partial charge in [-0.1, -0.05) is 36.4 Å². The average molecular weight is 436 g/mol. The van der Waals surface area contributed by atoms with Crippen LogP contribution in [0.4, 0.5) is 4.39 Å². The molecular weight excluding hydrogens is 405 g/mol. The summed E-state index contributed by atoms with van der Waals surface area (Å²) in [5, 5.41) is 21.8. The number of carboxylic acid groups (broad SMARTS) is 1. The summed E-state index contributed by atoms with van der Waals surface area (Å²) < 4.78 is 14.7. The van der Waals surface area contributed by atoms with E-state index in [9.17, 15) is 9.18 Å². The lowest BCUT2D eigenvalue weighted by Gasteiger charge is -2.42. The predicted molar refractivity (Wildman–Crippen MR) is 121 cm³/mol. The summed E-state index contributed by atoms with van der Waals surface area (Å²) in [5.74, 6) is -0.551. The van der Waals surface area contributed by atoms with E-state index in [2.05, 4.69) is 34.5 Å². The zero-order valence-electron chi connectivity index (χ0n) is 18.3. The summed E-state index contributed by atoms with van der Waals surface area (Å²) in [5.41, 5.74) is 2.27. The van der Waals surface area contributed by atoms with Crippen LogP contribution in [0.1, 0.15) is 48.3 Å². The highest BCUT2D eigenvalue weighted by atomic mass is 19.1. The molecule has 4 rings (SSSR count). The second-order valence-corrected chi connectivity index (χ2v) is 9.32. The molecule has 2 aliphatic rings. The van der Waals surface area contributed by atoms with Crippen molar-refractivity contribution in [1.82, 2.24) is 10.2 Å². The van der Waals surface area contributed by atoms with Crippen LogP contribution in [0.2, 0.25) is 0 Å². The molecule has 0 bridgehead atoms. The Balaban J connectivity index is 1.43. The smallest absolute Gasteiger partial charge is 0.304 e. The Hall–Kier alpha value is -2.75. The first-order valence-corrected chi connectivity index (χ1v) is 11.4. The molecule has 0 spiro atoms. The molecule has 1 aliphatic carbocycles. The van der Waals surface area contributed by atoms with Crippen molar-refractivity contribution in [2.75, 3.05) is 26.2 Å². The minimum Gasteiger partial charge on any atom is -0.481 e. The number of carboxylic acids is 1. The number of rotatable bonds is 9. The number of piperidine rings is 1. The Morgan fingerprint density at radius 3 is 2.62 bits per heavy atom. The number of benzene rings is 2. The quantitative estimate of drug-likeness (QED) is 0.624. The van der Waals surface area contributed by atoms with Gasteiger partial charge in [0.15, 0.2) is 0 Å². The van der Waals surface area contributed by atoms with Crippen molar-refractivity contribution in [2.45, 2.75) is 44.1 Å². The van der Waals surface area contributed by atoms with Crippen molar-refractivity contribution in [2.24, 2.45) is 5.41 Å². The lowest BCUT2D eigenvalue weighted by atomic mass is 9.73. The van der Waals surface area contributed by atoms with Crippen LogP contribution in [0.15, 0.2) is 48.5 Å². The van der Waals surface area contributed by atoms with Crippen molar-refractivity contribution in [3.63, 3.8) is 0 Å². The van der Waals surface area contributed by atoms with Crippen LogP contribution in [-0.2, 0) is 11.2 Å². The van der Waals surface area contributed by atoms with E-state index in [1.807, 2.05) is 12.1 Å². The fourth-order valence-electron chi connectivity index (χ4n) is 4.92. The molecule has 0 amide bonds. The number of nitriles is 1. The Kier molecular flexibility index (Phi) is 6.88. The monoisotopic (exact) mass is 435 g/mol. The molecule has 32 heavy (non-hydrogen) atoms. The average Bonchev–Trinajstić information content (AvgIpc) is 3.59. The van der Waals surface area contributed by atoms with Gasteiger partial charge in [-0.15, -0.1) is 0 Å². The molecule has 2 fully saturated rings. The van der Waals surface area contributed by atoms with Gasteiger partial charge in [0.25, 0.3) is 0 Å². The van der Waals surface area contributed by atoms with Crippen LogP contribution in [-0.4, -0.2) is 48.2 Å². The number of hydrogen-bond acceptors (Lipinski definition) is 4. The van der Waals surface area contributed by atoms with E-state index < -0.39 is 5.97 Å². The largest absolute Gasteiger partial charge is 0.481 e. The molecule has 1 saturated heterocycles. The van der Waals surface area contributed by atoms with Gasteiger partial charge in [-0.05, 0) is 67.4 Å². The van der Waals surface area contributed by atoms with Gasteiger partial charge in [0, 0.05) is 25.0 Å². The highest BCUT2D eigenvalue weighted by Crippen LogP contribution is 2.42. The summed E-state index contributed by atoms with van der Waals surface area (Å²) in [6, 6.07) is 17.7. The SMILES string of the molecule is N#Cc1ccc(CC2(CN[C@@H]3C[C@H]3c3ccccc3)CCN(CCC(=O)O)CC2)c(F)c1. The fraction of sp³-hybridized carbons (Fsp3) is 0.462. The minimum absolute atomic E-state index is 0.0848. The van der Waals surface area contributed by atoms with Crippen LogP contribution in [0.25, 0.3) is 0 Å². The topological polar surface area (TPSA) is 76.4 Å². The molecule has 168 valence electrons. The molecule has 0 unspecified atom stereocenters. The summed E-state index contributed by atoms with van der Waals surface area (Å²) in [7, 11) is 0. The van der Waals surface area contributed by atoms with Gasteiger partial charge in [0.1, 0.15) is 5.82 Å². The standard InChI is InChI=1S/C26H30FN3O2/c27-23-14-19(17-28)6-7-21(23)16-26(9-12-30(13-10-26)11-8-25(31)32)18-29-24-15-22(24)20-4-2-1-3-5-20/h1-7,14,22,24,29H,8-13,15-16,18H2,(H,31,32)/t22-,24+/m0/s1. The van der Waals surface area contributed by atoms with E-state index in [4.69, 9.17) is 10.4 Å². The molecule has 2 aromatic carbocycles. The summed E-state index contributed by atoms with van der Waals surface area (Å²) in [6.45, 7) is 3.01. The summed E-state index contributed by atoms with van der Waals surface area (Å²) >= 11 is 0. The van der Waals surface area contributed by atoms with Crippen LogP contribution in [0.3, 0.4) is 0 Å². The molecule has 2 aromatic rings. The van der Waals surface area contributed by atoms with Crippen LogP contribution in [0, 0.1) is 22.6 Å². The molecule has 6 heteroatoms. The van der Waals surface area contributed by atoms with E-state index in [0.29, 0.717) is 36.1 Å². The second kappa shape index (κ2) is 9.81. The normalized spacial score (nSPS) is 22.2. The number of nitrogens with one attached hydrogen (secondary N) is 1. The number of aliphatic carboxylic acids is 1. The van der Waals surface area contributed by atoms with Crippen LogP contribution >= 0.6 is 0 Å². The fourth-order valence-corrected chi connectivity index (χ4v) is 4.92. The second-order valence-electron chi connectivity index (χ2n) is 9.32. The van der Waals surface area contributed by atoms with Crippen molar-refractivity contribution < 1.29 is 14.3 Å². The summed E-state index contributed by atoms with van der Waals surface area (Å²) in [4.78, 5) is 13.1. The van der Waals surface area contributed by atoms with Gasteiger partial charge in [-0.3, -0.25) is 4.79 Å². The first-order valence-electron chi connectivity index (χ1n) is 11.4. The maximum Gasteiger partial charge on any atom is 0.304 e. The predicted octanol–water partition coefficient (Wildman–Crippen LogP) is 3.94. The maximum absolute atomic E-state index is 14.7. The number of likely N-dealkylation sites (tertiary alicyclic amines) is 1. The van der Waals surface area contributed by atoms with Crippen LogP contribution in [0.5, 0.6) is 0 Å². The highest BCUT2D eigenvalue weighted by Gasteiger charge is 2.41. The molecular formula is C26H30FN3O2. The zero-order chi connectivity index (χ0) is 22.6.